The lowest BCUT2D eigenvalue weighted by Gasteiger charge is -2.47. The summed E-state index contributed by atoms with van der Waals surface area (Å²) in [4.78, 5) is 55.6. The molecule has 10 heteroatoms. The molecule has 2 aliphatic heterocycles. The van der Waals surface area contributed by atoms with Gasteiger partial charge in [-0.2, -0.15) is 4.98 Å². The van der Waals surface area contributed by atoms with Gasteiger partial charge in [0.05, 0.1) is 6.20 Å². The highest BCUT2D eigenvalue weighted by Gasteiger charge is 2.42. The molecule has 2 aromatic rings. The van der Waals surface area contributed by atoms with E-state index in [-0.39, 0.29) is 48.6 Å². The Morgan fingerprint density at radius 3 is 2.47 bits per heavy atom. The van der Waals surface area contributed by atoms with Crippen molar-refractivity contribution in [3.8, 4) is 5.95 Å². The fourth-order valence-corrected chi connectivity index (χ4v) is 4.39. The van der Waals surface area contributed by atoms with E-state index in [9.17, 15) is 14.4 Å². The van der Waals surface area contributed by atoms with Crippen molar-refractivity contribution in [2.45, 2.75) is 57.5 Å². The summed E-state index contributed by atoms with van der Waals surface area (Å²) in [5.41, 5.74) is 0.662. The minimum absolute atomic E-state index is 0.0461. The van der Waals surface area contributed by atoms with Crippen LogP contribution in [-0.2, 0) is 14.4 Å². The molecule has 1 atom stereocenters. The molecule has 0 aromatic carbocycles. The van der Waals surface area contributed by atoms with Gasteiger partial charge in [-0.1, -0.05) is 6.92 Å². The molecule has 2 aromatic heterocycles. The summed E-state index contributed by atoms with van der Waals surface area (Å²) < 4.78 is 1.55. The van der Waals surface area contributed by atoms with Crippen LogP contribution in [0.3, 0.4) is 0 Å². The van der Waals surface area contributed by atoms with E-state index in [2.05, 4.69) is 14.9 Å². The first kappa shape index (κ1) is 18.7. The molecule has 0 bridgehead atoms. The van der Waals surface area contributed by atoms with Crippen LogP contribution in [0.25, 0.3) is 5.95 Å². The van der Waals surface area contributed by atoms with Gasteiger partial charge >= 0.3 is 0 Å². The quantitative estimate of drug-likeness (QED) is 0.704. The molecular formula is C20H23N7O3. The number of hydrogen-bond acceptors (Lipinski definition) is 7. The number of carbonyl (C=O) groups is 3. The number of hydrogen-bond donors (Lipinski definition) is 0. The average molecular weight is 409 g/mol. The second-order valence-electron chi connectivity index (χ2n) is 7.91. The van der Waals surface area contributed by atoms with E-state index in [1.807, 2.05) is 6.92 Å². The molecule has 2 fully saturated rings. The minimum Gasteiger partial charge on any atom is -0.340 e. The van der Waals surface area contributed by atoms with Crippen LogP contribution in [0.2, 0.25) is 0 Å². The van der Waals surface area contributed by atoms with Crippen molar-refractivity contribution in [2.75, 3.05) is 21.7 Å². The Morgan fingerprint density at radius 2 is 1.83 bits per heavy atom. The lowest BCUT2D eigenvalue weighted by Crippen LogP contribution is -2.57. The van der Waals surface area contributed by atoms with Crippen molar-refractivity contribution in [3.05, 3.63) is 18.6 Å². The highest BCUT2D eigenvalue weighted by Crippen LogP contribution is 2.40. The third-order valence-electron chi connectivity index (χ3n) is 6.24. The first-order valence-electron chi connectivity index (χ1n) is 10.3. The standard InChI is InChI=1S/C20H23N7O3/c1-3-13-18(30)24(2)14-11-22-19(23-17(14)26(13)12-5-4-6-12)25-10-9-21-20(25)27-15(28)7-8-16(27)29/h9-13H,3-8H2,1-2H3. The Hall–Kier alpha value is -3.30. The zero-order valence-electron chi connectivity index (χ0n) is 17.0. The van der Waals surface area contributed by atoms with Crippen molar-refractivity contribution in [1.82, 2.24) is 19.5 Å². The van der Waals surface area contributed by atoms with Crippen molar-refractivity contribution < 1.29 is 14.4 Å². The van der Waals surface area contributed by atoms with Crippen LogP contribution >= 0.6 is 0 Å². The van der Waals surface area contributed by atoms with E-state index < -0.39 is 0 Å². The van der Waals surface area contributed by atoms with Crippen LogP contribution in [0, 0.1) is 0 Å². The molecule has 1 saturated carbocycles. The Bertz CT molecular complexity index is 1030. The maximum absolute atomic E-state index is 12.9. The summed E-state index contributed by atoms with van der Waals surface area (Å²) in [7, 11) is 1.75. The molecule has 5 rings (SSSR count). The molecule has 3 amide bonds. The van der Waals surface area contributed by atoms with Crippen LogP contribution in [0.15, 0.2) is 18.6 Å². The fourth-order valence-electron chi connectivity index (χ4n) is 4.39. The Balaban J connectivity index is 1.61. The maximum Gasteiger partial charge on any atom is 0.249 e. The van der Waals surface area contributed by atoms with Crippen LogP contribution in [0.1, 0.15) is 45.4 Å². The number of aromatic nitrogens is 4. The molecule has 0 radical (unpaired) electrons. The zero-order valence-corrected chi connectivity index (χ0v) is 17.0. The van der Waals surface area contributed by atoms with Crippen LogP contribution < -0.4 is 14.7 Å². The Kier molecular flexibility index (Phi) is 4.30. The van der Waals surface area contributed by atoms with Gasteiger partial charge in [-0.3, -0.25) is 19.0 Å². The van der Waals surface area contributed by atoms with E-state index >= 15 is 0 Å². The number of likely N-dealkylation sites (N-methyl/N-ethyl adjacent to an activating group) is 1. The van der Waals surface area contributed by atoms with Gasteiger partial charge in [0.15, 0.2) is 5.82 Å². The molecule has 1 saturated heterocycles. The summed E-state index contributed by atoms with van der Waals surface area (Å²) in [6.07, 6.45) is 9.02. The van der Waals surface area contributed by atoms with Gasteiger partial charge in [-0.05, 0) is 25.7 Å². The molecule has 4 heterocycles. The van der Waals surface area contributed by atoms with Crippen molar-refractivity contribution >= 4 is 35.2 Å². The van der Waals surface area contributed by atoms with Gasteiger partial charge in [0.1, 0.15) is 11.7 Å². The van der Waals surface area contributed by atoms with E-state index in [1.54, 1.807) is 28.9 Å². The molecule has 156 valence electrons. The first-order valence-corrected chi connectivity index (χ1v) is 10.3. The van der Waals surface area contributed by atoms with E-state index in [0.29, 0.717) is 23.9 Å². The van der Waals surface area contributed by atoms with Crippen molar-refractivity contribution in [1.29, 1.82) is 0 Å². The van der Waals surface area contributed by atoms with E-state index in [4.69, 9.17) is 4.98 Å². The van der Waals surface area contributed by atoms with E-state index in [0.717, 1.165) is 24.2 Å². The number of anilines is 3. The summed E-state index contributed by atoms with van der Waals surface area (Å²) in [6, 6.07) is 0.0117. The summed E-state index contributed by atoms with van der Waals surface area (Å²) >= 11 is 0. The summed E-state index contributed by atoms with van der Waals surface area (Å²) in [5, 5.41) is 0. The predicted molar refractivity (Wildman–Crippen MR) is 108 cm³/mol. The Morgan fingerprint density at radius 1 is 1.10 bits per heavy atom. The van der Waals surface area contributed by atoms with Crippen molar-refractivity contribution in [2.24, 2.45) is 0 Å². The minimum atomic E-state index is -0.280. The highest BCUT2D eigenvalue weighted by molar-refractivity contribution is 6.19. The van der Waals surface area contributed by atoms with Crippen LogP contribution in [0.4, 0.5) is 17.5 Å². The molecule has 3 aliphatic rings. The third kappa shape index (κ3) is 2.62. The van der Waals surface area contributed by atoms with Gasteiger partial charge in [0.2, 0.25) is 29.6 Å². The number of rotatable bonds is 4. The number of nitrogens with zero attached hydrogens (tertiary/aromatic N) is 7. The molecule has 0 N–H and O–H groups in total. The largest absolute Gasteiger partial charge is 0.340 e. The van der Waals surface area contributed by atoms with Gasteiger partial charge in [0, 0.05) is 38.3 Å². The zero-order chi connectivity index (χ0) is 21.0. The summed E-state index contributed by atoms with van der Waals surface area (Å²) in [6.45, 7) is 2.01. The molecule has 1 aliphatic carbocycles. The lowest BCUT2D eigenvalue weighted by molar-refractivity contribution is -0.122. The normalized spacial score (nSPS) is 22.0. The predicted octanol–water partition coefficient (Wildman–Crippen LogP) is 1.43. The van der Waals surface area contributed by atoms with Crippen LogP contribution in [-0.4, -0.2) is 56.4 Å². The number of imide groups is 1. The number of fused-ring (bicyclic) bond motifs is 1. The first-order chi connectivity index (χ1) is 14.5. The highest BCUT2D eigenvalue weighted by atomic mass is 16.2. The molecule has 10 nitrogen and oxygen atoms in total. The number of amides is 3. The second-order valence-corrected chi connectivity index (χ2v) is 7.91. The number of carbonyl (C=O) groups excluding carboxylic acids is 3. The Labute approximate surface area is 173 Å². The fraction of sp³-hybridized carbons (Fsp3) is 0.500. The SMILES string of the molecule is CCC1C(=O)N(C)c2cnc(-n3ccnc3N3C(=O)CCC3=O)nc2N1C1CCC1. The smallest absolute Gasteiger partial charge is 0.249 e. The maximum atomic E-state index is 12.9. The monoisotopic (exact) mass is 409 g/mol. The molecule has 1 unspecified atom stereocenters. The van der Waals surface area contributed by atoms with Gasteiger partial charge in [-0.25, -0.2) is 14.9 Å². The number of imidazole rings is 1. The van der Waals surface area contributed by atoms with Crippen LogP contribution in [0.5, 0.6) is 0 Å². The molecular weight excluding hydrogens is 386 g/mol. The molecule has 30 heavy (non-hydrogen) atoms. The van der Waals surface area contributed by atoms with Gasteiger partial charge in [0.25, 0.3) is 0 Å². The third-order valence-corrected chi connectivity index (χ3v) is 6.24. The van der Waals surface area contributed by atoms with Crippen molar-refractivity contribution in [3.63, 3.8) is 0 Å². The topological polar surface area (TPSA) is 105 Å². The van der Waals surface area contributed by atoms with Gasteiger partial charge in [-0.15, -0.1) is 0 Å². The second kappa shape index (κ2) is 6.89. The summed E-state index contributed by atoms with van der Waals surface area (Å²) in [5.74, 6) is 0.707. The average Bonchev–Trinajstić information content (AvgIpc) is 3.30. The van der Waals surface area contributed by atoms with Gasteiger partial charge < -0.3 is 9.80 Å². The van der Waals surface area contributed by atoms with E-state index in [1.165, 1.54) is 6.20 Å². The molecule has 0 spiro atoms. The lowest BCUT2D eigenvalue weighted by atomic mass is 9.88.